The van der Waals surface area contributed by atoms with Crippen LogP contribution in [0, 0.1) is 13.8 Å². The number of aromatic nitrogens is 5. The lowest BCUT2D eigenvalue weighted by Crippen LogP contribution is -2.29. The minimum absolute atomic E-state index is 0.138. The minimum atomic E-state index is -0.138. The fourth-order valence-electron chi connectivity index (χ4n) is 1.91. The molecule has 0 fully saturated rings. The summed E-state index contributed by atoms with van der Waals surface area (Å²) in [5.74, 6) is 0.593. The average Bonchev–Trinajstić information content (AvgIpc) is 2.97. The number of aryl methyl sites for hydroxylation is 2. The van der Waals surface area contributed by atoms with Crippen LogP contribution in [0.15, 0.2) is 6.33 Å². The van der Waals surface area contributed by atoms with Gasteiger partial charge in [0.05, 0.1) is 23.6 Å². The van der Waals surface area contributed by atoms with Gasteiger partial charge >= 0.3 is 0 Å². The zero-order valence-corrected chi connectivity index (χ0v) is 11.9. The van der Waals surface area contributed by atoms with Crippen LogP contribution in [0.3, 0.4) is 0 Å². The van der Waals surface area contributed by atoms with Gasteiger partial charge in [-0.2, -0.15) is 5.10 Å². The highest BCUT2D eigenvalue weighted by atomic mass is 16.2. The third-order valence-corrected chi connectivity index (χ3v) is 3.21. The van der Waals surface area contributed by atoms with E-state index < -0.39 is 0 Å². The summed E-state index contributed by atoms with van der Waals surface area (Å²) in [6.45, 7) is 6.92. The summed E-state index contributed by atoms with van der Waals surface area (Å²) in [5.41, 5.74) is 8.00. The van der Waals surface area contributed by atoms with Gasteiger partial charge in [-0.15, -0.1) is 10.2 Å². The Balaban J connectivity index is 1.94. The molecule has 8 nitrogen and oxygen atoms in total. The summed E-state index contributed by atoms with van der Waals surface area (Å²) in [7, 11) is 0. The van der Waals surface area contributed by atoms with Gasteiger partial charge in [0.25, 0.3) is 0 Å². The van der Waals surface area contributed by atoms with Crippen LogP contribution < -0.4 is 11.1 Å². The predicted molar refractivity (Wildman–Crippen MR) is 73.7 cm³/mol. The van der Waals surface area contributed by atoms with E-state index >= 15 is 0 Å². The second-order valence-corrected chi connectivity index (χ2v) is 4.55. The second-order valence-electron chi connectivity index (χ2n) is 4.55. The molecule has 0 radical (unpaired) electrons. The number of hydrogen-bond acceptors (Lipinski definition) is 5. The maximum absolute atomic E-state index is 11.9. The van der Waals surface area contributed by atoms with Gasteiger partial charge in [-0.25, -0.2) is 0 Å². The molecule has 0 aliphatic rings. The van der Waals surface area contributed by atoms with Crippen molar-refractivity contribution in [1.82, 2.24) is 29.9 Å². The van der Waals surface area contributed by atoms with E-state index in [1.54, 1.807) is 11.0 Å². The first-order chi connectivity index (χ1) is 9.52. The Morgan fingerprint density at radius 1 is 1.45 bits per heavy atom. The highest BCUT2D eigenvalue weighted by Crippen LogP contribution is 2.14. The summed E-state index contributed by atoms with van der Waals surface area (Å²) in [6, 6.07) is 0. The molecule has 0 saturated carbocycles. The van der Waals surface area contributed by atoms with E-state index in [2.05, 4.69) is 20.6 Å². The van der Waals surface area contributed by atoms with E-state index in [4.69, 9.17) is 5.73 Å². The van der Waals surface area contributed by atoms with Gasteiger partial charge in [-0.05, 0) is 20.8 Å². The van der Waals surface area contributed by atoms with Crippen molar-refractivity contribution < 1.29 is 4.79 Å². The fourth-order valence-corrected chi connectivity index (χ4v) is 1.91. The molecule has 0 bridgehead atoms. The summed E-state index contributed by atoms with van der Waals surface area (Å²) < 4.78 is 3.48. The Bertz CT molecular complexity index is 613. The number of hydrogen-bond donors (Lipinski definition) is 2. The zero-order chi connectivity index (χ0) is 14.7. The first-order valence-corrected chi connectivity index (χ1v) is 6.45. The smallest absolute Gasteiger partial charge is 0.242 e. The van der Waals surface area contributed by atoms with Crippen LogP contribution in [0.2, 0.25) is 0 Å². The number of carbonyl (C=O) groups excluding carboxylic acids is 1. The third-order valence-electron chi connectivity index (χ3n) is 3.21. The van der Waals surface area contributed by atoms with Crippen LogP contribution in [0.4, 0.5) is 5.69 Å². The standard InChI is InChI=1S/C12H19N7O/c1-4-18-7-15-16-10(18)5-14-11(20)6-19-9(3)12(13)8(2)17-19/h7H,4-6,13H2,1-3H3,(H,14,20). The zero-order valence-electron chi connectivity index (χ0n) is 11.9. The molecule has 0 atom stereocenters. The van der Waals surface area contributed by atoms with Gasteiger partial charge < -0.3 is 15.6 Å². The SMILES string of the molecule is CCn1cnnc1CNC(=O)Cn1nc(C)c(N)c1C. The molecule has 1 amide bonds. The number of rotatable bonds is 5. The van der Waals surface area contributed by atoms with Crippen molar-refractivity contribution in [2.24, 2.45) is 0 Å². The molecule has 2 heterocycles. The monoisotopic (exact) mass is 277 g/mol. The number of nitrogens with zero attached hydrogens (tertiary/aromatic N) is 5. The summed E-state index contributed by atoms with van der Waals surface area (Å²) >= 11 is 0. The maximum Gasteiger partial charge on any atom is 0.242 e. The normalized spacial score (nSPS) is 10.8. The van der Waals surface area contributed by atoms with Gasteiger partial charge in [0.1, 0.15) is 12.9 Å². The predicted octanol–water partition coefficient (Wildman–Crippen LogP) is 0.00994. The van der Waals surface area contributed by atoms with Crippen molar-refractivity contribution in [1.29, 1.82) is 0 Å². The molecular weight excluding hydrogens is 258 g/mol. The van der Waals surface area contributed by atoms with Crippen LogP contribution in [0.1, 0.15) is 24.1 Å². The van der Waals surface area contributed by atoms with Gasteiger partial charge in [0, 0.05) is 6.54 Å². The molecule has 8 heteroatoms. The molecule has 0 saturated heterocycles. The third kappa shape index (κ3) is 2.79. The highest BCUT2D eigenvalue weighted by Gasteiger charge is 2.12. The van der Waals surface area contributed by atoms with Gasteiger partial charge in [0.15, 0.2) is 5.82 Å². The highest BCUT2D eigenvalue weighted by molar-refractivity contribution is 5.75. The Kier molecular flexibility index (Phi) is 4.02. The minimum Gasteiger partial charge on any atom is -0.396 e. The van der Waals surface area contributed by atoms with Crippen molar-refractivity contribution in [2.75, 3.05) is 5.73 Å². The number of amides is 1. The summed E-state index contributed by atoms with van der Waals surface area (Å²) in [6.07, 6.45) is 1.64. The summed E-state index contributed by atoms with van der Waals surface area (Å²) in [4.78, 5) is 11.9. The lowest BCUT2D eigenvalue weighted by molar-refractivity contribution is -0.122. The molecule has 3 N–H and O–H groups in total. The number of nitrogen functional groups attached to an aromatic ring is 1. The van der Waals surface area contributed by atoms with Crippen LogP contribution in [-0.2, 0) is 24.4 Å². The molecule has 0 unspecified atom stereocenters. The van der Waals surface area contributed by atoms with E-state index in [-0.39, 0.29) is 12.5 Å². The van der Waals surface area contributed by atoms with E-state index in [1.807, 2.05) is 25.3 Å². The number of carbonyl (C=O) groups is 1. The number of nitrogens with two attached hydrogens (primary N) is 1. The van der Waals surface area contributed by atoms with E-state index in [0.29, 0.717) is 12.2 Å². The van der Waals surface area contributed by atoms with Gasteiger partial charge in [-0.1, -0.05) is 0 Å². The fraction of sp³-hybridized carbons (Fsp3) is 0.500. The van der Waals surface area contributed by atoms with Crippen molar-refractivity contribution in [3.63, 3.8) is 0 Å². The van der Waals surface area contributed by atoms with E-state index in [9.17, 15) is 4.79 Å². The Morgan fingerprint density at radius 2 is 2.20 bits per heavy atom. The van der Waals surface area contributed by atoms with Crippen molar-refractivity contribution in [3.05, 3.63) is 23.5 Å². The van der Waals surface area contributed by atoms with E-state index in [0.717, 1.165) is 23.8 Å². The van der Waals surface area contributed by atoms with Gasteiger partial charge in [-0.3, -0.25) is 9.48 Å². The molecular formula is C12H19N7O. The van der Waals surface area contributed by atoms with Crippen LogP contribution in [-0.4, -0.2) is 30.5 Å². The largest absolute Gasteiger partial charge is 0.396 e. The topological polar surface area (TPSA) is 104 Å². The molecule has 0 aromatic carbocycles. The van der Waals surface area contributed by atoms with Crippen LogP contribution >= 0.6 is 0 Å². The number of nitrogens with one attached hydrogen (secondary N) is 1. The lowest BCUT2D eigenvalue weighted by atomic mass is 10.3. The van der Waals surface area contributed by atoms with Crippen molar-refractivity contribution >= 4 is 11.6 Å². The second kappa shape index (κ2) is 5.72. The van der Waals surface area contributed by atoms with Gasteiger partial charge in [0.2, 0.25) is 5.91 Å². The van der Waals surface area contributed by atoms with E-state index in [1.165, 1.54) is 0 Å². The molecule has 2 aromatic heterocycles. The van der Waals surface area contributed by atoms with Crippen molar-refractivity contribution in [2.45, 2.75) is 40.4 Å². The molecule has 20 heavy (non-hydrogen) atoms. The Hall–Kier alpha value is -2.38. The quantitative estimate of drug-likeness (QED) is 0.801. The molecule has 0 spiro atoms. The first kappa shape index (κ1) is 14.0. The Morgan fingerprint density at radius 3 is 2.80 bits per heavy atom. The van der Waals surface area contributed by atoms with Crippen LogP contribution in [0.25, 0.3) is 0 Å². The average molecular weight is 277 g/mol. The molecule has 0 aliphatic carbocycles. The molecule has 108 valence electrons. The number of anilines is 1. The molecule has 0 aliphatic heterocycles. The molecule has 2 rings (SSSR count). The Labute approximate surface area is 117 Å². The maximum atomic E-state index is 11.9. The van der Waals surface area contributed by atoms with Crippen LogP contribution in [0.5, 0.6) is 0 Å². The molecule has 2 aromatic rings. The first-order valence-electron chi connectivity index (χ1n) is 6.45. The van der Waals surface area contributed by atoms with Crippen molar-refractivity contribution in [3.8, 4) is 0 Å². The summed E-state index contributed by atoms with van der Waals surface area (Å²) in [5, 5.41) is 14.8. The lowest BCUT2D eigenvalue weighted by Gasteiger charge is -2.07.